The molecule has 1 heterocycles. The summed E-state index contributed by atoms with van der Waals surface area (Å²) in [4.78, 5) is 1.02. The topological polar surface area (TPSA) is 35.2 Å². The largest absolute Gasteiger partial charge is 0.435 e. The average molecular weight is 348 g/mol. The molecule has 2 aromatic rings. The number of alkyl halides is 2. The molecule has 0 saturated heterocycles. The van der Waals surface area contributed by atoms with Crippen molar-refractivity contribution >= 4 is 27.3 Å². The molecule has 0 fully saturated rings. The van der Waals surface area contributed by atoms with Gasteiger partial charge in [-0.15, -0.1) is 11.3 Å². The van der Waals surface area contributed by atoms with Crippen LogP contribution in [0.2, 0.25) is 0 Å². The van der Waals surface area contributed by atoms with E-state index < -0.39 is 6.61 Å². The minimum absolute atomic E-state index is 0.134. The van der Waals surface area contributed by atoms with Crippen LogP contribution >= 0.6 is 27.3 Å². The highest BCUT2D eigenvalue weighted by Crippen LogP contribution is 2.33. The number of benzene rings is 1. The van der Waals surface area contributed by atoms with Crippen LogP contribution in [0.4, 0.5) is 8.78 Å². The van der Waals surface area contributed by atoms with Gasteiger partial charge in [-0.25, -0.2) is 0 Å². The third-order valence-electron chi connectivity index (χ3n) is 2.65. The molecule has 2 nitrogen and oxygen atoms in total. The lowest BCUT2D eigenvalue weighted by Gasteiger charge is -2.11. The van der Waals surface area contributed by atoms with Crippen molar-refractivity contribution in [3.05, 3.63) is 50.1 Å². The smallest absolute Gasteiger partial charge is 0.387 e. The number of thiophene rings is 1. The van der Waals surface area contributed by atoms with Gasteiger partial charge in [0.25, 0.3) is 0 Å². The zero-order chi connectivity index (χ0) is 14.0. The van der Waals surface area contributed by atoms with Crippen LogP contribution in [0.3, 0.4) is 0 Å². The van der Waals surface area contributed by atoms with E-state index >= 15 is 0 Å². The van der Waals surface area contributed by atoms with Crippen LogP contribution < -0.4 is 10.5 Å². The van der Waals surface area contributed by atoms with E-state index in [1.54, 1.807) is 23.5 Å². The van der Waals surface area contributed by atoms with Gasteiger partial charge >= 0.3 is 6.61 Å². The van der Waals surface area contributed by atoms with Crippen molar-refractivity contribution in [1.82, 2.24) is 0 Å². The third-order valence-corrected chi connectivity index (χ3v) is 4.87. The Morgan fingerprint density at radius 2 is 1.89 bits per heavy atom. The predicted molar refractivity (Wildman–Crippen MR) is 75.9 cm³/mol. The van der Waals surface area contributed by atoms with Crippen LogP contribution in [0.25, 0.3) is 0 Å². The molecule has 0 spiro atoms. The minimum Gasteiger partial charge on any atom is -0.435 e. The van der Waals surface area contributed by atoms with E-state index in [2.05, 4.69) is 20.7 Å². The molecule has 2 N–H and O–H groups in total. The fourth-order valence-electron chi connectivity index (χ4n) is 1.66. The van der Waals surface area contributed by atoms with Gasteiger partial charge in [-0.05, 0) is 52.2 Å². The van der Waals surface area contributed by atoms with E-state index in [0.717, 1.165) is 19.8 Å². The van der Waals surface area contributed by atoms with Crippen molar-refractivity contribution in [3.63, 3.8) is 0 Å². The van der Waals surface area contributed by atoms with Crippen LogP contribution in [-0.4, -0.2) is 6.61 Å². The first-order valence-electron chi connectivity index (χ1n) is 5.53. The van der Waals surface area contributed by atoms with E-state index in [4.69, 9.17) is 5.73 Å². The van der Waals surface area contributed by atoms with Crippen LogP contribution in [0.1, 0.15) is 22.0 Å². The summed E-state index contributed by atoms with van der Waals surface area (Å²) in [5, 5.41) is 0. The Bertz CT molecular complexity index is 537. The number of halogens is 3. The summed E-state index contributed by atoms with van der Waals surface area (Å²) in [5.74, 6) is 0.134. The summed E-state index contributed by atoms with van der Waals surface area (Å²) in [6.45, 7) is -0.813. The van der Waals surface area contributed by atoms with Gasteiger partial charge in [0.05, 0.1) is 9.83 Å². The van der Waals surface area contributed by atoms with Crippen molar-refractivity contribution in [2.24, 2.45) is 5.73 Å². The summed E-state index contributed by atoms with van der Waals surface area (Å²) in [6, 6.07) is 8.14. The molecule has 1 aromatic carbocycles. The molecule has 102 valence electrons. The summed E-state index contributed by atoms with van der Waals surface area (Å²) in [5.41, 5.74) is 8.14. The van der Waals surface area contributed by atoms with Gasteiger partial charge in [0, 0.05) is 4.88 Å². The first-order chi connectivity index (χ1) is 8.97. The van der Waals surface area contributed by atoms with Crippen LogP contribution in [-0.2, 0) is 0 Å². The van der Waals surface area contributed by atoms with Crippen LogP contribution in [0.5, 0.6) is 5.75 Å². The minimum atomic E-state index is -2.81. The highest BCUT2D eigenvalue weighted by Gasteiger charge is 2.13. The van der Waals surface area contributed by atoms with E-state index in [1.807, 2.05) is 13.0 Å². The lowest BCUT2D eigenvalue weighted by molar-refractivity contribution is -0.0498. The molecule has 0 aliphatic rings. The van der Waals surface area contributed by atoms with Crippen molar-refractivity contribution < 1.29 is 13.5 Å². The molecular formula is C13H12BrF2NOS. The molecule has 1 aromatic heterocycles. The summed E-state index contributed by atoms with van der Waals surface area (Å²) in [7, 11) is 0. The molecule has 1 unspecified atom stereocenters. The maximum atomic E-state index is 12.0. The SMILES string of the molecule is Cc1cc(C(N)c2ccc(OC(F)F)cc2)sc1Br. The molecule has 0 radical (unpaired) electrons. The Morgan fingerprint density at radius 3 is 2.37 bits per heavy atom. The van der Waals surface area contributed by atoms with Gasteiger partial charge in [-0.2, -0.15) is 8.78 Å². The van der Waals surface area contributed by atoms with Gasteiger partial charge in [0.1, 0.15) is 5.75 Å². The number of ether oxygens (including phenoxy) is 1. The molecule has 1 atom stereocenters. The zero-order valence-corrected chi connectivity index (χ0v) is 12.5. The molecule has 2 rings (SSSR count). The molecule has 6 heteroatoms. The van der Waals surface area contributed by atoms with Gasteiger partial charge in [-0.3, -0.25) is 0 Å². The van der Waals surface area contributed by atoms with Crippen molar-refractivity contribution in [3.8, 4) is 5.75 Å². The van der Waals surface area contributed by atoms with Gasteiger partial charge in [-0.1, -0.05) is 12.1 Å². The van der Waals surface area contributed by atoms with E-state index in [1.165, 1.54) is 12.1 Å². The molecule has 0 amide bonds. The predicted octanol–water partition coefficient (Wildman–Crippen LogP) is 4.47. The summed E-state index contributed by atoms with van der Waals surface area (Å²) >= 11 is 5.03. The van der Waals surface area contributed by atoms with Crippen LogP contribution in [0.15, 0.2) is 34.1 Å². The Labute approximate surface area is 122 Å². The summed E-state index contributed by atoms with van der Waals surface area (Å²) < 4.78 is 29.4. The molecule has 19 heavy (non-hydrogen) atoms. The normalized spacial score (nSPS) is 12.7. The third kappa shape index (κ3) is 3.52. The number of nitrogens with two attached hydrogens (primary N) is 1. The molecule has 0 saturated carbocycles. The standard InChI is InChI=1S/C13H12BrF2NOS/c1-7-6-10(19-12(7)14)11(17)8-2-4-9(5-3-8)18-13(15)16/h2-6,11,13H,17H2,1H3. The Hall–Kier alpha value is -0.980. The second-order valence-corrected chi connectivity index (χ2v) is 6.43. The molecule has 0 bridgehead atoms. The molecular weight excluding hydrogens is 336 g/mol. The number of aryl methyl sites for hydroxylation is 1. The fraction of sp³-hybridized carbons (Fsp3) is 0.231. The monoisotopic (exact) mass is 347 g/mol. The maximum Gasteiger partial charge on any atom is 0.387 e. The average Bonchev–Trinajstić information content (AvgIpc) is 2.69. The fourth-order valence-corrected chi connectivity index (χ4v) is 3.26. The lowest BCUT2D eigenvalue weighted by atomic mass is 10.1. The molecule has 0 aliphatic heterocycles. The van der Waals surface area contributed by atoms with Crippen molar-refractivity contribution in [2.45, 2.75) is 19.6 Å². The second kappa shape index (κ2) is 5.98. The number of hydrogen-bond donors (Lipinski definition) is 1. The highest BCUT2D eigenvalue weighted by molar-refractivity contribution is 9.11. The van der Waals surface area contributed by atoms with E-state index in [0.29, 0.717) is 0 Å². The number of rotatable bonds is 4. The second-order valence-electron chi connectivity index (χ2n) is 4.03. The Balaban J connectivity index is 2.17. The van der Waals surface area contributed by atoms with Crippen LogP contribution in [0, 0.1) is 6.92 Å². The van der Waals surface area contributed by atoms with E-state index in [-0.39, 0.29) is 11.8 Å². The first-order valence-corrected chi connectivity index (χ1v) is 7.14. The Morgan fingerprint density at radius 1 is 1.26 bits per heavy atom. The highest BCUT2D eigenvalue weighted by atomic mass is 79.9. The maximum absolute atomic E-state index is 12.0. The van der Waals surface area contributed by atoms with Crippen molar-refractivity contribution in [1.29, 1.82) is 0 Å². The lowest BCUT2D eigenvalue weighted by Crippen LogP contribution is -2.10. The first kappa shape index (κ1) is 14.4. The Kier molecular flexibility index (Phi) is 4.54. The quantitative estimate of drug-likeness (QED) is 0.885. The number of hydrogen-bond acceptors (Lipinski definition) is 3. The van der Waals surface area contributed by atoms with Gasteiger partial charge < -0.3 is 10.5 Å². The van der Waals surface area contributed by atoms with Gasteiger partial charge in [0.15, 0.2) is 0 Å². The van der Waals surface area contributed by atoms with Gasteiger partial charge in [0.2, 0.25) is 0 Å². The summed E-state index contributed by atoms with van der Waals surface area (Å²) in [6.07, 6.45) is 0. The van der Waals surface area contributed by atoms with E-state index in [9.17, 15) is 8.78 Å². The zero-order valence-electron chi connectivity index (χ0n) is 10.1. The molecule has 0 aliphatic carbocycles. The van der Waals surface area contributed by atoms with Crippen molar-refractivity contribution in [2.75, 3.05) is 0 Å².